The number of thiophene rings is 1. The molecule has 216 valence electrons. The largest absolute Gasteiger partial charge is 0.393 e. The highest BCUT2D eigenvalue weighted by Gasteiger charge is 2.49. The molecule has 0 atom stereocenters. The van der Waals surface area contributed by atoms with Gasteiger partial charge in [-0.05, 0) is 48.4 Å². The fourth-order valence-electron chi connectivity index (χ4n) is 6.39. The first-order chi connectivity index (χ1) is 18.9. The number of rotatable bonds is 7. The van der Waals surface area contributed by atoms with E-state index < -0.39 is 22.6 Å². The van der Waals surface area contributed by atoms with Gasteiger partial charge in [-0.25, -0.2) is 18.4 Å². The minimum absolute atomic E-state index is 0.202. The van der Waals surface area contributed by atoms with E-state index in [1.165, 1.54) is 22.5 Å². The van der Waals surface area contributed by atoms with Crippen LogP contribution in [0.2, 0.25) is 0 Å². The van der Waals surface area contributed by atoms with E-state index >= 15 is 0 Å². The Balaban J connectivity index is 1.01. The van der Waals surface area contributed by atoms with Crippen LogP contribution in [0.15, 0.2) is 36.7 Å². The van der Waals surface area contributed by atoms with Crippen molar-refractivity contribution >= 4 is 43.1 Å². The molecule has 1 N–H and O–H groups in total. The molecule has 2 saturated heterocycles. The molecule has 0 unspecified atom stereocenters. The molecule has 1 aliphatic carbocycles. The summed E-state index contributed by atoms with van der Waals surface area (Å²) in [5, 5.41) is 4.37. The van der Waals surface area contributed by atoms with Gasteiger partial charge in [0.2, 0.25) is 10.0 Å². The average molecular weight is 595 g/mol. The van der Waals surface area contributed by atoms with Gasteiger partial charge >= 0.3 is 6.18 Å². The molecule has 0 radical (unpaired) electrons. The third-order valence-electron chi connectivity index (χ3n) is 8.36. The highest BCUT2D eigenvalue weighted by atomic mass is 32.2. The molecule has 0 bridgehead atoms. The topological polar surface area (TPSA) is 81.7 Å². The van der Waals surface area contributed by atoms with Crippen LogP contribution in [-0.2, 0) is 23.0 Å². The Morgan fingerprint density at radius 2 is 1.80 bits per heavy atom. The number of hydrogen-bond donors (Lipinski definition) is 1. The van der Waals surface area contributed by atoms with Gasteiger partial charge in [0.05, 0.1) is 18.1 Å². The summed E-state index contributed by atoms with van der Waals surface area (Å²) in [5.41, 5.74) is 2.50. The predicted molar refractivity (Wildman–Crippen MR) is 151 cm³/mol. The van der Waals surface area contributed by atoms with Crippen LogP contribution in [0.25, 0.3) is 10.2 Å². The average Bonchev–Trinajstić information content (AvgIpc) is 3.48. The van der Waals surface area contributed by atoms with Gasteiger partial charge < -0.3 is 10.2 Å². The van der Waals surface area contributed by atoms with E-state index in [4.69, 9.17) is 0 Å². The van der Waals surface area contributed by atoms with Gasteiger partial charge in [0.25, 0.3) is 0 Å². The summed E-state index contributed by atoms with van der Waals surface area (Å²) in [6.45, 7) is 5.04. The lowest BCUT2D eigenvalue weighted by Gasteiger charge is -2.46. The molecule has 1 saturated carbocycles. The number of aromatic nitrogens is 2. The van der Waals surface area contributed by atoms with Crippen molar-refractivity contribution in [2.45, 2.75) is 44.4 Å². The summed E-state index contributed by atoms with van der Waals surface area (Å²) in [6, 6.07) is 10.5. The molecule has 6 rings (SSSR count). The maximum absolute atomic E-state index is 12.9. The zero-order chi connectivity index (χ0) is 28.1. The SMILES string of the molecule is CS(=O)(=O)N1CCN(Cc2ccc(NC3CC4(CCN(c5ncnc6sc(CC(F)(F)F)cc56)C4)C3)cc2)CC1. The molecule has 0 amide bonds. The Hall–Kier alpha value is -2.48. The predicted octanol–water partition coefficient (Wildman–Crippen LogP) is 4.34. The number of piperazine rings is 1. The fraction of sp³-hybridized carbons (Fsp3) is 0.556. The second kappa shape index (κ2) is 10.4. The monoisotopic (exact) mass is 594 g/mol. The molecule has 1 aromatic carbocycles. The van der Waals surface area contributed by atoms with Crippen molar-refractivity contribution in [1.82, 2.24) is 19.2 Å². The molecule has 2 aliphatic heterocycles. The summed E-state index contributed by atoms with van der Waals surface area (Å²) < 4.78 is 63.7. The highest BCUT2D eigenvalue weighted by Crippen LogP contribution is 2.50. The lowest BCUT2D eigenvalue weighted by Crippen LogP contribution is -2.47. The highest BCUT2D eigenvalue weighted by molar-refractivity contribution is 7.88. The van der Waals surface area contributed by atoms with Crippen molar-refractivity contribution in [2.24, 2.45) is 5.41 Å². The van der Waals surface area contributed by atoms with Crippen LogP contribution in [-0.4, -0.2) is 85.3 Å². The molecule has 4 heterocycles. The van der Waals surface area contributed by atoms with Crippen LogP contribution in [0.1, 0.15) is 29.7 Å². The van der Waals surface area contributed by atoms with E-state index in [2.05, 4.69) is 49.4 Å². The molecule has 1 spiro atoms. The zero-order valence-corrected chi connectivity index (χ0v) is 24.0. The van der Waals surface area contributed by atoms with Gasteiger partial charge in [0.15, 0.2) is 0 Å². The van der Waals surface area contributed by atoms with Crippen LogP contribution in [0, 0.1) is 5.41 Å². The van der Waals surface area contributed by atoms with Crippen LogP contribution in [0.3, 0.4) is 0 Å². The Kier molecular flexibility index (Phi) is 7.21. The summed E-state index contributed by atoms with van der Waals surface area (Å²) in [7, 11) is -3.12. The third-order valence-corrected chi connectivity index (χ3v) is 10.7. The molecule has 13 heteroatoms. The Bertz CT molecular complexity index is 1460. The Morgan fingerprint density at radius 1 is 1.07 bits per heavy atom. The summed E-state index contributed by atoms with van der Waals surface area (Å²) in [4.78, 5) is 14.1. The number of fused-ring (bicyclic) bond motifs is 1. The maximum atomic E-state index is 12.9. The number of anilines is 2. The zero-order valence-electron chi connectivity index (χ0n) is 22.3. The second-order valence-corrected chi connectivity index (χ2v) is 14.6. The van der Waals surface area contributed by atoms with Crippen molar-refractivity contribution in [2.75, 3.05) is 55.7 Å². The second-order valence-electron chi connectivity index (χ2n) is 11.5. The number of halogens is 3. The van der Waals surface area contributed by atoms with Crippen LogP contribution in [0.5, 0.6) is 0 Å². The normalized spacial score (nSPS) is 24.6. The molecule has 40 heavy (non-hydrogen) atoms. The Morgan fingerprint density at radius 3 is 2.48 bits per heavy atom. The minimum atomic E-state index is -4.24. The van der Waals surface area contributed by atoms with Gasteiger partial charge in [0, 0.05) is 62.4 Å². The van der Waals surface area contributed by atoms with Crippen molar-refractivity contribution in [3.05, 3.63) is 47.1 Å². The first-order valence-corrected chi connectivity index (χ1v) is 16.2. The van der Waals surface area contributed by atoms with Gasteiger partial charge in [-0.1, -0.05) is 12.1 Å². The van der Waals surface area contributed by atoms with E-state index in [0.29, 0.717) is 24.0 Å². The van der Waals surface area contributed by atoms with E-state index in [-0.39, 0.29) is 10.3 Å². The molecule has 3 aromatic rings. The van der Waals surface area contributed by atoms with Crippen LogP contribution >= 0.6 is 11.3 Å². The molecular formula is C27H33F3N6O2S2. The quantitative estimate of drug-likeness (QED) is 0.436. The maximum Gasteiger partial charge on any atom is 0.393 e. The lowest BCUT2D eigenvalue weighted by molar-refractivity contribution is -0.126. The van der Waals surface area contributed by atoms with E-state index in [1.54, 1.807) is 6.07 Å². The fourth-order valence-corrected chi connectivity index (χ4v) is 8.23. The number of sulfonamides is 1. The molecule has 3 aliphatic rings. The van der Waals surface area contributed by atoms with Crippen LogP contribution < -0.4 is 10.2 Å². The van der Waals surface area contributed by atoms with Crippen molar-refractivity contribution in [3.8, 4) is 0 Å². The van der Waals surface area contributed by atoms with Crippen molar-refractivity contribution in [3.63, 3.8) is 0 Å². The number of benzene rings is 1. The standard InChI is InChI=1S/C27H33F3N6O2S2/c1-40(37,38)36-10-8-34(9-11-36)16-19-2-4-20(5-3-19)33-21-13-26(14-21)6-7-35(17-26)24-23-12-22(15-27(28,29)30)39-25(23)32-18-31-24/h2-5,12,18,21,33H,6-11,13-17H2,1H3. The number of alkyl halides is 3. The van der Waals surface area contributed by atoms with Crippen LogP contribution in [0.4, 0.5) is 24.7 Å². The van der Waals surface area contributed by atoms with Crippen molar-refractivity contribution < 1.29 is 21.6 Å². The van der Waals surface area contributed by atoms with E-state index in [9.17, 15) is 21.6 Å². The van der Waals surface area contributed by atoms with E-state index in [0.717, 1.165) is 80.2 Å². The van der Waals surface area contributed by atoms with Gasteiger partial charge in [-0.15, -0.1) is 11.3 Å². The number of hydrogen-bond acceptors (Lipinski definition) is 8. The first-order valence-electron chi connectivity index (χ1n) is 13.5. The summed E-state index contributed by atoms with van der Waals surface area (Å²) in [6.07, 6.45) is 0.690. The van der Waals surface area contributed by atoms with E-state index in [1.807, 2.05) is 0 Å². The summed E-state index contributed by atoms with van der Waals surface area (Å²) >= 11 is 1.10. The smallest absolute Gasteiger partial charge is 0.382 e. The molecule has 8 nitrogen and oxygen atoms in total. The number of nitrogens with one attached hydrogen (secondary N) is 1. The van der Waals surface area contributed by atoms with Crippen molar-refractivity contribution in [1.29, 1.82) is 0 Å². The molecule has 3 fully saturated rings. The minimum Gasteiger partial charge on any atom is -0.382 e. The molecular weight excluding hydrogens is 561 g/mol. The summed E-state index contributed by atoms with van der Waals surface area (Å²) in [5.74, 6) is 0.747. The van der Waals surface area contributed by atoms with Gasteiger partial charge in [-0.2, -0.15) is 17.5 Å². The van der Waals surface area contributed by atoms with Gasteiger partial charge in [-0.3, -0.25) is 4.90 Å². The first kappa shape index (κ1) is 27.7. The molecule has 2 aromatic heterocycles. The Labute approximate surface area is 236 Å². The lowest BCUT2D eigenvalue weighted by atomic mass is 9.65. The third kappa shape index (κ3) is 6.07. The van der Waals surface area contributed by atoms with Gasteiger partial charge in [0.1, 0.15) is 17.0 Å². The number of nitrogens with zero attached hydrogens (tertiary/aromatic N) is 5.